The smallest absolute Gasteiger partial charge is 0.253 e. The van der Waals surface area contributed by atoms with Crippen molar-refractivity contribution in [2.75, 3.05) is 6.61 Å². The molecule has 1 aliphatic heterocycles. The summed E-state index contributed by atoms with van der Waals surface area (Å²) in [6.45, 7) is 0.637. The average Bonchev–Trinajstić information content (AvgIpc) is 3.25. The molecule has 3 aromatic rings. The zero-order chi connectivity index (χ0) is 15.8. The quantitative estimate of drug-likeness (QED) is 0.804. The molecular formula is C17H18N4O2. The monoisotopic (exact) mass is 310 g/mol. The summed E-state index contributed by atoms with van der Waals surface area (Å²) in [6, 6.07) is 9.67. The van der Waals surface area contributed by atoms with Gasteiger partial charge in [-0.15, -0.1) is 0 Å². The topological polar surface area (TPSA) is 60.6 Å². The van der Waals surface area contributed by atoms with Gasteiger partial charge in [0.05, 0.1) is 17.3 Å². The van der Waals surface area contributed by atoms with Gasteiger partial charge < -0.3 is 14.5 Å². The van der Waals surface area contributed by atoms with Gasteiger partial charge >= 0.3 is 0 Å². The normalized spacial score (nSPS) is 20.9. The Kier molecular flexibility index (Phi) is 3.38. The van der Waals surface area contributed by atoms with E-state index >= 15 is 0 Å². The molecule has 6 heteroatoms. The minimum absolute atomic E-state index is 0.0408. The first-order chi connectivity index (χ1) is 11.2. The Labute approximate surface area is 133 Å². The molecular weight excluding hydrogens is 292 g/mol. The summed E-state index contributed by atoms with van der Waals surface area (Å²) < 4.78 is 9.54. The number of aromatic nitrogens is 3. The zero-order valence-corrected chi connectivity index (χ0v) is 12.8. The van der Waals surface area contributed by atoms with Crippen LogP contribution in [0.4, 0.5) is 0 Å². The van der Waals surface area contributed by atoms with Crippen LogP contribution in [0.25, 0.3) is 5.52 Å². The van der Waals surface area contributed by atoms with Crippen molar-refractivity contribution in [1.82, 2.24) is 19.5 Å². The standard InChI is InChI=1S/C17H18N4O2/c1-20-15(5-7-18-20)16-14(6-9-23-16)19-17(22)12-10-13-4-2-3-8-21(13)11-12/h2-5,7-8,10-11,14,16H,6,9H2,1H3,(H,19,22)/t14-,16-/m0/s1. The van der Waals surface area contributed by atoms with E-state index < -0.39 is 0 Å². The van der Waals surface area contributed by atoms with Gasteiger partial charge in [-0.1, -0.05) is 6.07 Å². The van der Waals surface area contributed by atoms with Crippen LogP contribution in [0, 0.1) is 0 Å². The minimum atomic E-state index is -0.150. The lowest BCUT2D eigenvalue weighted by Crippen LogP contribution is -2.37. The average molecular weight is 310 g/mol. The van der Waals surface area contributed by atoms with Crippen molar-refractivity contribution >= 4 is 11.4 Å². The van der Waals surface area contributed by atoms with Crippen molar-refractivity contribution in [3.05, 3.63) is 60.2 Å². The third-order valence-corrected chi connectivity index (χ3v) is 4.33. The molecule has 4 heterocycles. The second kappa shape index (κ2) is 5.55. The Balaban J connectivity index is 1.54. The lowest BCUT2D eigenvalue weighted by molar-refractivity contribution is 0.0792. The number of ether oxygens (including phenoxy) is 1. The molecule has 3 aromatic heterocycles. The number of fused-ring (bicyclic) bond motifs is 1. The molecule has 0 saturated carbocycles. The predicted molar refractivity (Wildman–Crippen MR) is 85.2 cm³/mol. The number of hydrogen-bond donors (Lipinski definition) is 1. The van der Waals surface area contributed by atoms with E-state index in [0.29, 0.717) is 12.2 Å². The molecule has 0 bridgehead atoms. The molecule has 4 rings (SSSR count). The van der Waals surface area contributed by atoms with Gasteiger partial charge in [-0.25, -0.2) is 0 Å². The summed E-state index contributed by atoms with van der Waals surface area (Å²) in [4.78, 5) is 12.6. The lowest BCUT2D eigenvalue weighted by Gasteiger charge is -2.19. The highest BCUT2D eigenvalue weighted by Crippen LogP contribution is 2.28. The number of carbonyl (C=O) groups is 1. The fourth-order valence-corrected chi connectivity index (χ4v) is 3.12. The number of nitrogens with one attached hydrogen (secondary N) is 1. The molecule has 23 heavy (non-hydrogen) atoms. The maximum atomic E-state index is 12.6. The molecule has 2 atom stereocenters. The van der Waals surface area contributed by atoms with Crippen molar-refractivity contribution < 1.29 is 9.53 Å². The van der Waals surface area contributed by atoms with E-state index in [-0.39, 0.29) is 18.1 Å². The van der Waals surface area contributed by atoms with Crippen LogP contribution in [-0.4, -0.2) is 32.7 Å². The molecule has 0 aromatic carbocycles. The molecule has 1 N–H and O–H groups in total. The van der Waals surface area contributed by atoms with Gasteiger partial charge in [0, 0.05) is 37.8 Å². The van der Waals surface area contributed by atoms with Gasteiger partial charge in [-0.05, 0) is 30.7 Å². The van der Waals surface area contributed by atoms with E-state index in [9.17, 15) is 4.79 Å². The maximum absolute atomic E-state index is 12.6. The number of hydrogen-bond acceptors (Lipinski definition) is 3. The van der Waals surface area contributed by atoms with Crippen LogP contribution in [0.2, 0.25) is 0 Å². The SMILES string of the molecule is Cn1nccc1[C@H]1OCC[C@@H]1NC(=O)c1cc2ccccn2c1. The van der Waals surface area contributed by atoms with Crippen LogP contribution in [-0.2, 0) is 11.8 Å². The van der Waals surface area contributed by atoms with E-state index in [4.69, 9.17) is 4.74 Å². The second-order valence-corrected chi connectivity index (χ2v) is 5.80. The molecule has 0 radical (unpaired) electrons. The fourth-order valence-electron chi connectivity index (χ4n) is 3.12. The van der Waals surface area contributed by atoms with E-state index in [0.717, 1.165) is 17.6 Å². The Morgan fingerprint density at radius 3 is 3.09 bits per heavy atom. The largest absolute Gasteiger partial charge is 0.370 e. The molecule has 0 spiro atoms. The van der Waals surface area contributed by atoms with Crippen molar-refractivity contribution in [1.29, 1.82) is 0 Å². The summed E-state index contributed by atoms with van der Waals surface area (Å²) in [6.07, 6.45) is 6.18. The predicted octanol–water partition coefficient (Wildman–Crippen LogP) is 1.93. The van der Waals surface area contributed by atoms with Crippen LogP contribution >= 0.6 is 0 Å². The summed E-state index contributed by atoms with van der Waals surface area (Å²) in [5.74, 6) is -0.0728. The zero-order valence-electron chi connectivity index (χ0n) is 12.8. The molecule has 6 nitrogen and oxygen atoms in total. The Hall–Kier alpha value is -2.60. The Bertz CT molecular complexity index is 818. The van der Waals surface area contributed by atoms with Crippen molar-refractivity contribution in [3.8, 4) is 0 Å². The van der Waals surface area contributed by atoms with Crippen molar-refractivity contribution in [3.63, 3.8) is 0 Å². The van der Waals surface area contributed by atoms with E-state index in [2.05, 4.69) is 10.4 Å². The van der Waals surface area contributed by atoms with E-state index in [1.807, 2.05) is 54.2 Å². The Morgan fingerprint density at radius 2 is 2.30 bits per heavy atom. The van der Waals surface area contributed by atoms with Crippen LogP contribution in [0.1, 0.15) is 28.6 Å². The first-order valence-electron chi connectivity index (χ1n) is 7.69. The highest BCUT2D eigenvalue weighted by molar-refractivity contribution is 5.95. The number of carbonyl (C=O) groups excluding carboxylic acids is 1. The third kappa shape index (κ3) is 2.51. The molecule has 0 unspecified atom stereocenters. The van der Waals surface area contributed by atoms with Gasteiger partial charge in [0.25, 0.3) is 5.91 Å². The van der Waals surface area contributed by atoms with Gasteiger partial charge in [-0.2, -0.15) is 5.10 Å². The number of nitrogens with zero attached hydrogens (tertiary/aromatic N) is 3. The van der Waals surface area contributed by atoms with Gasteiger partial charge in [-0.3, -0.25) is 9.48 Å². The molecule has 1 aliphatic rings. The molecule has 1 fully saturated rings. The van der Waals surface area contributed by atoms with Crippen LogP contribution in [0.5, 0.6) is 0 Å². The number of aryl methyl sites for hydroxylation is 1. The van der Waals surface area contributed by atoms with E-state index in [1.165, 1.54) is 0 Å². The van der Waals surface area contributed by atoms with Crippen LogP contribution in [0.3, 0.4) is 0 Å². The minimum Gasteiger partial charge on any atom is -0.370 e. The van der Waals surface area contributed by atoms with E-state index in [1.54, 1.807) is 10.9 Å². The Morgan fingerprint density at radius 1 is 1.39 bits per heavy atom. The molecule has 0 aliphatic carbocycles. The number of amides is 1. The van der Waals surface area contributed by atoms with Crippen molar-refractivity contribution in [2.45, 2.75) is 18.6 Å². The summed E-state index contributed by atoms with van der Waals surface area (Å²) in [5, 5.41) is 7.29. The third-order valence-electron chi connectivity index (χ3n) is 4.33. The first-order valence-corrected chi connectivity index (χ1v) is 7.69. The van der Waals surface area contributed by atoms with Gasteiger partial charge in [0.15, 0.2) is 0 Å². The second-order valence-electron chi connectivity index (χ2n) is 5.80. The van der Waals surface area contributed by atoms with Crippen molar-refractivity contribution in [2.24, 2.45) is 7.05 Å². The van der Waals surface area contributed by atoms with Gasteiger partial charge in [0.2, 0.25) is 0 Å². The lowest BCUT2D eigenvalue weighted by atomic mass is 10.1. The maximum Gasteiger partial charge on any atom is 0.253 e. The first kappa shape index (κ1) is 14.0. The molecule has 1 amide bonds. The molecule has 1 saturated heterocycles. The molecule has 118 valence electrons. The summed E-state index contributed by atoms with van der Waals surface area (Å²) in [5.41, 5.74) is 2.64. The fraction of sp³-hybridized carbons (Fsp3) is 0.294. The number of rotatable bonds is 3. The van der Waals surface area contributed by atoms with Crippen LogP contribution < -0.4 is 5.32 Å². The van der Waals surface area contributed by atoms with Gasteiger partial charge in [0.1, 0.15) is 6.10 Å². The van der Waals surface area contributed by atoms with Crippen LogP contribution in [0.15, 0.2) is 48.9 Å². The summed E-state index contributed by atoms with van der Waals surface area (Å²) in [7, 11) is 1.89. The number of pyridine rings is 1. The summed E-state index contributed by atoms with van der Waals surface area (Å²) >= 11 is 0. The highest BCUT2D eigenvalue weighted by atomic mass is 16.5. The highest BCUT2D eigenvalue weighted by Gasteiger charge is 2.33.